The SMILES string of the molecule is CC(C)CCNC(=O)COc1ccc2c(c1)c1ccnc3c4ccccc4c(=O)n2c13. The monoisotopic (exact) mass is 413 g/mol. The minimum absolute atomic E-state index is 0.0422. The predicted molar refractivity (Wildman–Crippen MR) is 123 cm³/mol. The molecule has 0 saturated heterocycles. The Hall–Kier alpha value is -3.67. The highest BCUT2D eigenvalue weighted by Gasteiger charge is 2.18. The normalized spacial score (nSPS) is 11.8. The lowest BCUT2D eigenvalue weighted by Crippen LogP contribution is -2.30. The Morgan fingerprint density at radius 3 is 2.68 bits per heavy atom. The minimum atomic E-state index is -0.141. The van der Waals surface area contributed by atoms with E-state index in [2.05, 4.69) is 24.1 Å². The van der Waals surface area contributed by atoms with E-state index in [0.29, 0.717) is 23.6 Å². The fraction of sp³-hybridized carbons (Fsp3) is 0.240. The average Bonchev–Trinajstić information content (AvgIpc) is 3.11. The van der Waals surface area contributed by atoms with E-state index in [1.54, 1.807) is 16.7 Å². The number of fused-ring (bicyclic) bond motifs is 5. The molecule has 3 heterocycles. The molecule has 0 radical (unpaired) electrons. The van der Waals surface area contributed by atoms with Crippen molar-refractivity contribution in [2.24, 2.45) is 5.92 Å². The molecule has 3 aromatic heterocycles. The third-order valence-corrected chi connectivity index (χ3v) is 5.68. The van der Waals surface area contributed by atoms with Gasteiger partial charge in [0, 0.05) is 34.3 Å². The quantitative estimate of drug-likeness (QED) is 0.425. The van der Waals surface area contributed by atoms with Gasteiger partial charge in [-0.2, -0.15) is 0 Å². The second-order valence-corrected chi connectivity index (χ2v) is 8.24. The first-order valence-electron chi connectivity index (χ1n) is 10.5. The van der Waals surface area contributed by atoms with Crippen LogP contribution in [0.2, 0.25) is 0 Å². The van der Waals surface area contributed by atoms with Gasteiger partial charge in [-0.05, 0) is 42.7 Å². The fourth-order valence-corrected chi connectivity index (χ4v) is 4.14. The van der Waals surface area contributed by atoms with Crippen molar-refractivity contribution in [3.8, 4) is 5.75 Å². The number of hydrogen-bond donors (Lipinski definition) is 1. The molecule has 0 aliphatic carbocycles. The van der Waals surface area contributed by atoms with E-state index in [1.165, 1.54) is 0 Å². The molecule has 2 aromatic carbocycles. The van der Waals surface area contributed by atoms with Gasteiger partial charge in [0.05, 0.1) is 16.6 Å². The summed E-state index contributed by atoms with van der Waals surface area (Å²) in [6, 6.07) is 15.0. The van der Waals surface area contributed by atoms with E-state index in [0.717, 1.165) is 39.1 Å². The lowest BCUT2D eigenvalue weighted by Gasteiger charge is -2.09. The summed E-state index contributed by atoms with van der Waals surface area (Å²) < 4.78 is 7.47. The summed E-state index contributed by atoms with van der Waals surface area (Å²) in [5.41, 5.74) is 2.35. The lowest BCUT2D eigenvalue weighted by molar-refractivity contribution is -0.123. The highest BCUT2D eigenvalue weighted by Crippen LogP contribution is 2.34. The van der Waals surface area contributed by atoms with E-state index in [-0.39, 0.29) is 18.1 Å². The number of aromatic nitrogens is 2. The van der Waals surface area contributed by atoms with Gasteiger partial charge in [-0.3, -0.25) is 19.0 Å². The van der Waals surface area contributed by atoms with Gasteiger partial charge < -0.3 is 10.1 Å². The van der Waals surface area contributed by atoms with Crippen LogP contribution in [0.1, 0.15) is 20.3 Å². The molecule has 1 N–H and O–H groups in total. The minimum Gasteiger partial charge on any atom is -0.484 e. The largest absolute Gasteiger partial charge is 0.484 e. The summed E-state index contributed by atoms with van der Waals surface area (Å²) in [6.45, 7) is 4.84. The molecule has 0 aliphatic heterocycles. The number of nitrogens with one attached hydrogen (secondary N) is 1. The number of amides is 1. The van der Waals surface area contributed by atoms with Crippen molar-refractivity contribution in [2.45, 2.75) is 20.3 Å². The summed E-state index contributed by atoms with van der Waals surface area (Å²) in [5.74, 6) is 0.989. The van der Waals surface area contributed by atoms with Crippen LogP contribution in [0.4, 0.5) is 0 Å². The number of benzene rings is 2. The lowest BCUT2D eigenvalue weighted by atomic mass is 10.1. The van der Waals surface area contributed by atoms with Gasteiger partial charge >= 0.3 is 0 Å². The average molecular weight is 413 g/mol. The molecule has 0 fully saturated rings. The Bertz CT molecular complexity index is 1490. The van der Waals surface area contributed by atoms with Gasteiger partial charge in [-0.1, -0.05) is 32.0 Å². The summed E-state index contributed by atoms with van der Waals surface area (Å²) in [7, 11) is 0. The van der Waals surface area contributed by atoms with Crippen LogP contribution in [-0.2, 0) is 4.79 Å². The molecule has 6 nitrogen and oxygen atoms in total. The van der Waals surface area contributed by atoms with E-state index >= 15 is 0 Å². The van der Waals surface area contributed by atoms with Crippen LogP contribution in [0.15, 0.2) is 59.5 Å². The van der Waals surface area contributed by atoms with Crippen molar-refractivity contribution in [3.63, 3.8) is 0 Å². The zero-order valence-corrected chi connectivity index (χ0v) is 17.5. The highest BCUT2D eigenvalue weighted by atomic mass is 16.5. The molecule has 5 rings (SSSR count). The molecule has 6 heteroatoms. The standard InChI is InChI=1S/C25H23N3O3/c1-15(2)9-11-26-22(29)14-31-16-7-8-21-20(13-16)18-10-12-27-23-17-5-3-4-6-19(17)25(30)28(21)24(18)23/h3-8,10,12-13,15H,9,11,14H2,1-2H3,(H,26,29). The zero-order chi connectivity index (χ0) is 21.5. The summed E-state index contributed by atoms with van der Waals surface area (Å²) in [4.78, 5) is 29.9. The highest BCUT2D eigenvalue weighted by molar-refractivity contribution is 6.18. The number of nitrogens with zero attached hydrogens (tertiary/aromatic N) is 2. The predicted octanol–water partition coefficient (Wildman–Crippen LogP) is 4.13. The van der Waals surface area contributed by atoms with Crippen molar-refractivity contribution in [3.05, 3.63) is 65.1 Å². The van der Waals surface area contributed by atoms with Crippen molar-refractivity contribution in [1.82, 2.24) is 14.7 Å². The van der Waals surface area contributed by atoms with E-state index in [9.17, 15) is 9.59 Å². The molecule has 0 bridgehead atoms. The van der Waals surface area contributed by atoms with Crippen LogP contribution in [0, 0.1) is 5.92 Å². The maximum atomic E-state index is 13.3. The van der Waals surface area contributed by atoms with Crippen LogP contribution in [-0.4, -0.2) is 28.4 Å². The van der Waals surface area contributed by atoms with Crippen LogP contribution in [0.3, 0.4) is 0 Å². The van der Waals surface area contributed by atoms with Gasteiger partial charge in [0.25, 0.3) is 11.5 Å². The molecule has 0 saturated carbocycles. The molecule has 0 unspecified atom stereocenters. The summed E-state index contributed by atoms with van der Waals surface area (Å²) >= 11 is 0. The van der Waals surface area contributed by atoms with Crippen LogP contribution >= 0.6 is 0 Å². The first-order valence-corrected chi connectivity index (χ1v) is 10.5. The molecular weight excluding hydrogens is 390 g/mol. The number of carbonyl (C=O) groups is 1. The van der Waals surface area contributed by atoms with E-state index in [4.69, 9.17) is 4.74 Å². The molecule has 0 spiro atoms. The van der Waals surface area contributed by atoms with Crippen molar-refractivity contribution in [1.29, 1.82) is 0 Å². The van der Waals surface area contributed by atoms with Gasteiger partial charge in [0.15, 0.2) is 6.61 Å². The fourth-order valence-electron chi connectivity index (χ4n) is 4.14. The Labute approximate surface area is 178 Å². The van der Waals surface area contributed by atoms with Gasteiger partial charge in [-0.15, -0.1) is 0 Å². The molecular formula is C25H23N3O3. The maximum Gasteiger partial charge on any atom is 0.263 e. The smallest absolute Gasteiger partial charge is 0.263 e. The van der Waals surface area contributed by atoms with Crippen LogP contribution < -0.4 is 15.6 Å². The molecule has 0 atom stereocenters. The second-order valence-electron chi connectivity index (χ2n) is 8.24. The summed E-state index contributed by atoms with van der Waals surface area (Å²) in [6.07, 6.45) is 2.70. The van der Waals surface area contributed by atoms with Gasteiger partial charge in [-0.25, -0.2) is 0 Å². The Morgan fingerprint density at radius 2 is 1.87 bits per heavy atom. The summed E-state index contributed by atoms with van der Waals surface area (Å²) in [5, 5.41) is 6.21. The first-order chi connectivity index (χ1) is 15.0. The molecule has 1 amide bonds. The Balaban J connectivity index is 1.56. The van der Waals surface area contributed by atoms with Crippen LogP contribution in [0.5, 0.6) is 5.75 Å². The van der Waals surface area contributed by atoms with E-state index < -0.39 is 0 Å². The number of hydrogen-bond acceptors (Lipinski definition) is 4. The van der Waals surface area contributed by atoms with E-state index in [1.807, 2.05) is 42.5 Å². The molecule has 156 valence electrons. The number of rotatable bonds is 6. The second kappa shape index (κ2) is 7.54. The third kappa shape index (κ3) is 3.24. The number of carbonyl (C=O) groups excluding carboxylic acids is 1. The zero-order valence-electron chi connectivity index (χ0n) is 17.5. The Kier molecular flexibility index (Phi) is 4.70. The number of pyridine rings is 2. The molecule has 0 aliphatic rings. The topological polar surface area (TPSA) is 72.7 Å². The third-order valence-electron chi connectivity index (χ3n) is 5.68. The first kappa shape index (κ1) is 19.3. The van der Waals surface area contributed by atoms with Crippen molar-refractivity contribution >= 4 is 44.0 Å². The number of ether oxygens (including phenoxy) is 1. The van der Waals surface area contributed by atoms with Gasteiger partial charge in [0.2, 0.25) is 0 Å². The van der Waals surface area contributed by atoms with Crippen molar-refractivity contribution in [2.75, 3.05) is 13.2 Å². The van der Waals surface area contributed by atoms with Crippen molar-refractivity contribution < 1.29 is 9.53 Å². The van der Waals surface area contributed by atoms with Gasteiger partial charge in [0.1, 0.15) is 5.75 Å². The Morgan fingerprint density at radius 1 is 1.06 bits per heavy atom. The maximum absolute atomic E-state index is 13.3. The molecule has 5 aromatic rings. The van der Waals surface area contributed by atoms with Crippen LogP contribution in [0.25, 0.3) is 38.1 Å². The molecule has 31 heavy (non-hydrogen) atoms.